The zero-order valence-corrected chi connectivity index (χ0v) is 15.9. The molecule has 0 fully saturated rings. The van der Waals surface area contributed by atoms with Crippen molar-refractivity contribution in [3.8, 4) is 0 Å². The van der Waals surface area contributed by atoms with E-state index in [4.69, 9.17) is 19.9 Å². The monoisotopic (exact) mass is 367 g/mol. The van der Waals surface area contributed by atoms with Crippen molar-refractivity contribution in [2.24, 2.45) is 5.73 Å². The van der Waals surface area contributed by atoms with E-state index in [-0.39, 0.29) is 13.0 Å². The average molecular weight is 367 g/mol. The van der Waals surface area contributed by atoms with E-state index < -0.39 is 23.1 Å². The lowest BCUT2D eigenvalue weighted by atomic mass is 9.96. The summed E-state index contributed by atoms with van der Waals surface area (Å²) in [5, 5.41) is 0. The van der Waals surface area contributed by atoms with Crippen LogP contribution in [0.15, 0.2) is 30.3 Å². The third kappa shape index (κ3) is 7.51. The molecule has 0 aliphatic rings. The van der Waals surface area contributed by atoms with Gasteiger partial charge in [0.05, 0.1) is 26.9 Å². The number of hydrogen-bond acceptors (Lipinski definition) is 7. The summed E-state index contributed by atoms with van der Waals surface area (Å²) in [7, 11) is 1.17. The second-order valence-electron chi connectivity index (χ2n) is 6.87. The molecule has 0 saturated heterocycles. The molecule has 0 aliphatic carbocycles. The van der Waals surface area contributed by atoms with Gasteiger partial charge in [-0.25, -0.2) is 9.59 Å². The van der Waals surface area contributed by atoms with Crippen molar-refractivity contribution in [2.45, 2.75) is 44.9 Å². The number of carbonyl (C=O) groups is 2. The minimum Gasteiger partial charge on any atom is -0.467 e. The van der Waals surface area contributed by atoms with E-state index in [0.717, 1.165) is 5.56 Å². The molecule has 7 heteroatoms. The molecular formula is C19H29NO6. The third-order valence-electron chi connectivity index (χ3n) is 3.44. The standard InChI is InChI=1S/C19H29NO6/c1-18(2,3)26-17(22)19(20,16(21)23-4)10-11-24-12-13-25-14-15-8-6-5-7-9-15/h5-9H,10-14,20H2,1-4H3/t19-/m0/s1. The first-order chi connectivity index (χ1) is 12.2. The van der Waals surface area contributed by atoms with Crippen LogP contribution in [0.25, 0.3) is 0 Å². The van der Waals surface area contributed by atoms with Crippen LogP contribution in [-0.2, 0) is 35.1 Å². The Morgan fingerprint density at radius 2 is 1.58 bits per heavy atom. The van der Waals surface area contributed by atoms with Crippen molar-refractivity contribution in [3.05, 3.63) is 35.9 Å². The quantitative estimate of drug-likeness (QED) is 0.383. The predicted molar refractivity (Wildman–Crippen MR) is 96.3 cm³/mol. The fourth-order valence-corrected chi connectivity index (χ4v) is 2.06. The number of methoxy groups -OCH3 is 1. The first-order valence-electron chi connectivity index (χ1n) is 8.49. The molecule has 0 aromatic heterocycles. The van der Waals surface area contributed by atoms with E-state index in [1.165, 1.54) is 7.11 Å². The van der Waals surface area contributed by atoms with Gasteiger partial charge in [0.15, 0.2) is 0 Å². The number of hydrogen-bond donors (Lipinski definition) is 1. The van der Waals surface area contributed by atoms with E-state index in [1.54, 1.807) is 20.8 Å². The van der Waals surface area contributed by atoms with Crippen LogP contribution in [0.5, 0.6) is 0 Å². The fourth-order valence-electron chi connectivity index (χ4n) is 2.06. The van der Waals surface area contributed by atoms with Crippen LogP contribution in [0.3, 0.4) is 0 Å². The molecule has 0 bridgehead atoms. The Bertz CT molecular complexity index is 569. The van der Waals surface area contributed by atoms with Crippen molar-refractivity contribution in [3.63, 3.8) is 0 Å². The van der Waals surface area contributed by atoms with Crippen molar-refractivity contribution >= 4 is 11.9 Å². The van der Waals surface area contributed by atoms with Gasteiger partial charge in [0.2, 0.25) is 5.54 Å². The van der Waals surface area contributed by atoms with Gasteiger partial charge in [0, 0.05) is 13.0 Å². The van der Waals surface area contributed by atoms with Gasteiger partial charge >= 0.3 is 11.9 Å². The molecule has 146 valence electrons. The van der Waals surface area contributed by atoms with Gasteiger partial charge in [-0.05, 0) is 26.3 Å². The summed E-state index contributed by atoms with van der Waals surface area (Å²) in [6.07, 6.45) is -0.0483. The Labute approximate surface area is 154 Å². The number of benzene rings is 1. The average Bonchev–Trinajstić information content (AvgIpc) is 2.59. The Morgan fingerprint density at radius 1 is 0.962 bits per heavy atom. The zero-order valence-electron chi connectivity index (χ0n) is 15.9. The van der Waals surface area contributed by atoms with E-state index in [1.807, 2.05) is 30.3 Å². The van der Waals surface area contributed by atoms with Crippen molar-refractivity contribution in [2.75, 3.05) is 26.9 Å². The lowest BCUT2D eigenvalue weighted by Gasteiger charge is -2.29. The maximum absolute atomic E-state index is 12.3. The fraction of sp³-hybridized carbons (Fsp3) is 0.579. The Kier molecular flexibility index (Phi) is 8.71. The van der Waals surface area contributed by atoms with E-state index >= 15 is 0 Å². The normalized spacial score (nSPS) is 13.7. The van der Waals surface area contributed by atoms with Crippen LogP contribution < -0.4 is 5.73 Å². The molecule has 26 heavy (non-hydrogen) atoms. The minimum absolute atomic E-state index is 0.0483. The molecule has 7 nitrogen and oxygen atoms in total. The highest BCUT2D eigenvalue weighted by molar-refractivity contribution is 6.04. The molecule has 0 radical (unpaired) electrons. The Morgan fingerprint density at radius 3 is 2.15 bits per heavy atom. The largest absolute Gasteiger partial charge is 0.467 e. The lowest BCUT2D eigenvalue weighted by molar-refractivity contribution is -0.171. The van der Waals surface area contributed by atoms with Crippen LogP contribution in [-0.4, -0.2) is 50.0 Å². The van der Waals surface area contributed by atoms with E-state index in [9.17, 15) is 9.59 Å². The number of esters is 2. The van der Waals surface area contributed by atoms with Gasteiger partial charge in [-0.3, -0.25) is 0 Å². The molecule has 0 spiro atoms. The van der Waals surface area contributed by atoms with Gasteiger partial charge < -0.3 is 24.7 Å². The highest BCUT2D eigenvalue weighted by Gasteiger charge is 2.46. The minimum atomic E-state index is -1.90. The summed E-state index contributed by atoms with van der Waals surface area (Å²) in [5.74, 6) is -1.68. The number of carbonyl (C=O) groups excluding carboxylic acids is 2. The SMILES string of the molecule is COC(=O)[C@@](N)(CCOCCOCc1ccccc1)C(=O)OC(C)(C)C. The van der Waals surface area contributed by atoms with Crippen molar-refractivity contribution < 1.29 is 28.5 Å². The van der Waals surface area contributed by atoms with E-state index in [0.29, 0.717) is 19.8 Å². The summed E-state index contributed by atoms with van der Waals surface area (Å²) < 4.78 is 20.8. The molecule has 0 aliphatic heterocycles. The summed E-state index contributed by atoms with van der Waals surface area (Å²) in [6, 6.07) is 9.78. The summed E-state index contributed by atoms with van der Waals surface area (Å²) >= 11 is 0. The van der Waals surface area contributed by atoms with Crippen molar-refractivity contribution in [1.82, 2.24) is 0 Å². The second kappa shape index (κ2) is 10.3. The van der Waals surface area contributed by atoms with Crippen LogP contribution in [0.2, 0.25) is 0 Å². The van der Waals surface area contributed by atoms with Gasteiger partial charge in [-0.2, -0.15) is 0 Å². The Balaban J connectivity index is 2.37. The van der Waals surface area contributed by atoms with Gasteiger partial charge in [-0.1, -0.05) is 30.3 Å². The molecule has 0 amide bonds. The molecule has 1 aromatic rings. The lowest BCUT2D eigenvalue weighted by Crippen LogP contribution is -2.58. The molecular weight excluding hydrogens is 338 g/mol. The zero-order chi connectivity index (χ0) is 19.6. The number of rotatable bonds is 10. The molecule has 0 saturated carbocycles. The molecule has 0 unspecified atom stereocenters. The summed E-state index contributed by atoms with van der Waals surface area (Å²) in [4.78, 5) is 24.2. The first-order valence-corrected chi connectivity index (χ1v) is 8.49. The molecule has 0 heterocycles. The first kappa shape index (κ1) is 22.1. The number of nitrogens with two attached hydrogens (primary N) is 1. The highest BCUT2D eigenvalue weighted by Crippen LogP contribution is 2.17. The smallest absolute Gasteiger partial charge is 0.338 e. The maximum Gasteiger partial charge on any atom is 0.338 e. The topological polar surface area (TPSA) is 97.1 Å². The Hall–Kier alpha value is -1.96. The second-order valence-corrected chi connectivity index (χ2v) is 6.87. The summed E-state index contributed by atoms with van der Waals surface area (Å²) in [5.41, 5.74) is 4.37. The third-order valence-corrected chi connectivity index (χ3v) is 3.44. The van der Waals surface area contributed by atoms with E-state index in [2.05, 4.69) is 4.74 Å². The molecule has 1 atom stereocenters. The van der Waals surface area contributed by atoms with Gasteiger partial charge in [0.1, 0.15) is 5.60 Å². The molecule has 1 aromatic carbocycles. The van der Waals surface area contributed by atoms with Crippen LogP contribution in [0.4, 0.5) is 0 Å². The highest BCUT2D eigenvalue weighted by atomic mass is 16.6. The maximum atomic E-state index is 12.3. The van der Waals surface area contributed by atoms with Gasteiger partial charge in [0.25, 0.3) is 0 Å². The molecule has 2 N–H and O–H groups in total. The number of ether oxygens (including phenoxy) is 4. The summed E-state index contributed by atoms with van der Waals surface area (Å²) in [6.45, 7) is 6.38. The van der Waals surface area contributed by atoms with Crippen LogP contribution >= 0.6 is 0 Å². The van der Waals surface area contributed by atoms with Gasteiger partial charge in [-0.15, -0.1) is 0 Å². The van der Waals surface area contributed by atoms with Crippen molar-refractivity contribution in [1.29, 1.82) is 0 Å². The molecule has 1 rings (SSSR count). The predicted octanol–water partition coefficient (Wildman–Crippen LogP) is 1.82. The van der Waals surface area contributed by atoms with Crippen LogP contribution in [0.1, 0.15) is 32.8 Å². The van der Waals surface area contributed by atoms with Crippen LogP contribution in [0, 0.1) is 0 Å².